The van der Waals surface area contributed by atoms with Crippen molar-refractivity contribution in [3.63, 3.8) is 0 Å². The van der Waals surface area contributed by atoms with E-state index in [1.54, 1.807) is 24.7 Å². The van der Waals surface area contributed by atoms with Gasteiger partial charge >= 0.3 is 0 Å². The van der Waals surface area contributed by atoms with Crippen molar-refractivity contribution in [1.29, 1.82) is 0 Å². The minimum atomic E-state index is -0.0103. The van der Waals surface area contributed by atoms with Crippen molar-refractivity contribution in [2.24, 2.45) is 10.7 Å². The summed E-state index contributed by atoms with van der Waals surface area (Å²) in [7, 11) is 0. The molecule has 0 saturated heterocycles. The highest BCUT2D eigenvalue weighted by Crippen LogP contribution is 2.51. The number of allylic oxidation sites excluding steroid dienone is 1. The van der Waals surface area contributed by atoms with Gasteiger partial charge in [-0.2, -0.15) is 0 Å². The predicted molar refractivity (Wildman–Crippen MR) is 222 cm³/mol. The molecule has 0 radical (unpaired) electrons. The average Bonchev–Trinajstić information content (AvgIpc) is 3.75. The van der Waals surface area contributed by atoms with Crippen LogP contribution in [0.3, 0.4) is 0 Å². The van der Waals surface area contributed by atoms with Crippen LogP contribution in [0.1, 0.15) is 40.8 Å². The smallest absolute Gasteiger partial charge is 0.159 e. The monoisotopic (exact) mass is 712 g/mol. The Morgan fingerprint density at radius 1 is 0.618 bits per heavy atom. The van der Waals surface area contributed by atoms with Crippen molar-refractivity contribution in [1.82, 2.24) is 29.1 Å². The van der Waals surface area contributed by atoms with E-state index in [1.165, 1.54) is 77.7 Å². The van der Waals surface area contributed by atoms with Crippen molar-refractivity contribution in [2.45, 2.75) is 38.6 Å². The van der Waals surface area contributed by atoms with E-state index in [0.717, 1.165) is 59.7 Å². The average molecular weight is 713 g/mol. The molecule has 0 saturated carbocycles. The molecule has 5 aromatic heterocycles. The van der Waals surface area contributed by atoms with Crippen molar-refractivity contribution >= 4 is 49.8 Å². The zero-order chi connectivity index (χ0) is 36.6. The second-order valence-corrected chi connectivity index (χ2v) is 14.6. The molecule has 1 unspecified atom stereocenters. The number of rotatable bonds is 6. The summed E-state index contributed by atoms with van der Waals surface area (Å²) < 4.78 is 4.78. The molecule has 55 heavy (non-hydrogen) atoms. The van der Waals surface area contributed by atoms with Crippen LogP contribution < -0.4 is 5.73 Å². The van der Waals surface area contributed by atoms with E-state index in [4.69, 9.17) is 20.7 Å². The van der Waals surface area contributed by atoms with Gasteiger partial charge in [-0.05, 0) is 157 Å². The Hall–Kier alpha value is -6.93. The van der Waals surface area contributed by atoms with Crippen LogP contribution in [0.5, 0.6) is 0 Å². The zero-order valence-electron chi connectivity index (χ0n) is 30.3. The van der Waals surface area contributed by atoms with Gasteiger partial charge in [-0.25, -0.2) is 19.9 Å². The van der Waals surface area contributed by atoms with Crippen LogP contribution in [0.2, 0.25) is 0 Å². The molecule has 4 aromatic carbocycles. The molecule has 0 amide bonds. The maximum absolute atomic E-state index is 5.58. The van der Waals surface area contributed by atoms with Gasteiger partial charge in [-0.1, -0.05) is 18.2 Å². The maximum Gasteiger partial charge on any atom is 0.159 e. The Morgan fingerprint density at radius 2 is 1.20 bits per heavy atom. The number of aliphatic imine (C=N–C) groups is 1. The minimum absolute atomic E-state index is 0.0103. The van der Waals surface area contributed by atoms with Gasteiger partial charge in [0, 0.05) is 58.1 Å². The molecule has 2 aliphatic rings. The number of aromatic nitrogens is 6. The first-order valence-corrected chi connectivity index (χ1v) is 18.9. The summed E-state index contributed by atoms with van der Waals surface area (Å²) in [5.41, 5.74) is 21.0. The van der Waals surface area contributed by atoms with Gasteiger partial charge in [-0.3, -0.25) is 14.1 Å². The molecule has 2 N–H and O–H groups in total. The lowest BCUT2D eigenvalue weighted by Gasteiger charge is -2.31. The number of benzene rings is 4. The number of aryl methyl sites for hydroxylation is 4. The van der Waals surface area contributed by atoms with Gasteiger partial charge in [-0.15, -0.1) is 0 Å². The summed E-state index contributed by atoms with van der Waals surface area (Å²) in [5, 5.41) is 4.96. The van der Waals surface area contributed by atoms with Gasteiger partial charge < -0.3 is 5.73 Å². The minimum Gasteiger partial charge on any atom is -0.405 e. The molecule has 0 spiro atoms. The molecule has 0 fully saturated rings. The van der Waals surface area contributed by atoms with Gasteiger partial charge in [0.15, 0.2) is 5.82 Å². The second kappa shape index (κ2) is 12.3. The molecular weight excluding hydrogens is 677 g/mol. The molecule has 0 bridgehead atoms. The van der Waals surface area contributed by atoms with Crippen LogP contribution in [0.15, 0.2) is 133 Å². The molecular formula is C47H36N8. The van der Waals surface area contributed by atoms with E-state index in [2.05, 4.69) is 98.8 Å². The maximum atomic E-state index is 5.58. The topological polar surface area (TPSA) is 99.8 Å². The fraction of sp³-hybridized carbons (Fsp3) is 0.128. The van der Waals surface area contributed by atoms with Crippen LogP contribution in [-0.4, -0.2) is 35.3 Å². The molecule has 9 aromatic rings. The molecule has 264 valence electrons. The van der Waals surface area contributed by atoms with Crippen LogP contribution in [0.4, 0.5) is 0 Å². The largest absolute Gasteiger partial charge is 0.405 e. The Labute approximate surface area is 317 Å². The lowest BCUT2D eigenvalue weighted by Crippen LogP contribution is -2.16. The Morgan fingerprint density at radius 3 is 1.78 bits per heavy atom. The first kappa shape index (κ1) is 31.6. The van der Waals surface area contributed by atoms with Crippen LogP contribution >= 0.6 is 0 Å². The van der Waals surface area contributed by atoms with Crippen LogP contribution in [0, 0.1) is 0 Å². The Kier molecular flexibility index (Phi) is 7.07. The van der Waals surface area contributed by atoms with E-state index >= 15 is 0 Å². The fourth-order valence-corrected chi connectivity index (χ4v) is 9.29. The molecule has 11 rings (SSSR count). The number of hydrogen-bond donors (Lipinski definition) is 1. The first-order valence-electron chi connectivity index (χ1n) is 18.9. The van der Waals surface area contributed by atoms with Gasteiger partial charge in [0.1, 0.15) is 11.6 Å². The van der Waals surface area contributed by atoms with E-state index in [9.17, 15) is 0 Å². The first-order chi connectivity index (χ1) is 27.2. The van der Waals surface area contributed by atoms with Gasteiger partial charge in [0.25, 0.3) is 0 Å². The third-order valence-corrected chi connectivity index (χ3v) is 11.6. The molecule has 5 heterocycles. The molecule has 8 heteroatoms. The van der Waals surface area contributed by atoms with Crippen molar-refractivity contribution in [2.75, 3.05) is 0 Å². The highest BCUT2D eigenvalue weighted by atomic mass is 15.1. The van der Waals surface area contributed by atoms with Gasteiger partial charge in [0.2, 0.25) is 0 Å². The summed E-state index contributed by atoms with van der Waals surface area (Å²) >= 11 is 0. The lowest BCUT2D eigenvalue weighted by molar-refractivity contribution is 0.827. The predicted octanol–water partition coefficient (Wildman–Crippen LogP) is 9.60. The zero-order valence-corrected chi connectivity index (χ0v) is 30.3. The number of nitrogens with two attached hydrogens (primary N) is 1. The summed E-state index contributed by atoms with van der Waals surface area (Å²) in [6.07, 6.45) is 16.3. The third kappa shape index (κ3) is 4.74. The summed E-state index contributed by atoms with van der Waals surface area (Å²) in [6.45, 7) is 2.13. The number of fused-ring (bicyclic) bond motifs is 8. The Bertz CT molecular complexity index is 3050. The number of pyridine rings is 2. The standard InChI is InChI=1S/C47H36N8/c1-28(49-21-6-18-48)29-12-16-39-35(24-29)37-25-30-10-11-31-26-38-36-27-32(47-52-22-7-23-53-47)13-17-40(36)55(42-9-3-5-20-51-42)46(38)34-15-14-33(43(30)44(31)34)45(37)54(39)41-8-2-4-19-50-41/h2-9,12-13,16-28H,10-11,14-15,48H2,1H3/b18-6-,49-21?. The quantitative estimate of drug-likeness (QED) is 0.173. The fourth-order valence-electron chi connectivity index (χ4n) is 9.29. The second-order valence-electron chi connectivity index (χ2n) is 14.6. The van der Waals surface area contributed by atoms with E-state index in [0.29, 0.717) is 0 Å². The molecule has 0 aliphatic heterocycles. The summed E-state index contributed by atoms with van der Waals surface area (Å²) in [4.78, 5) is 23.7. The molecule has 8 nitrogen and oxygen atoms in total. The Balaban J connectivity index is 1.21. The normalized spacial score (nSPS) is 14.2. The third-order valence-electron chi connectivity index (χ3n) is 11.6. The molecule has 2 aliphatic carbocycles. The summed E-state index contributed by atoms with van der Waals surface area (Å²) in [5.74, 6) is 2.58. The van der Waals surface area contributed by atoms with E-state index < -0.39 is 0 Å². The van der Waals surface area contributed by atoms with Gasteiger partial charge in [0.05, 0.1) is 28.1 Å². The van der Waals surface area contributed by atoms with Crippen LogP contribution in [-0.2, 0) is 25.7 Å². The number of hydrogen-bond acceptors (Lipinski definition) is 6. The van der Waals surface area contributed by atoms with E-state index in [-0.39, 0.29) is 6.04 Å². The number of nitrogens with zero attached hydrogens (tertiary/aromatic N) is 7. The highest BCUT2D eigenvalue weighted by molar-refractivity contribution is 6.16. The van der Waals surface area contributed by atoms with E-state index in [1.807, 2.05) is 30.6 Å². The van der Waals surface area contributed by atoms with Crippen molar-refractivity contribution in [3.05, 3.63) is 156 Å². The molecule has 1 atom stereocenters. The summed E-state index contributed by atoms with van der Waals surface area (Å²) in [6, 6.07) is 32.6. The lowest BCUT2D eigenvalue weighted by atomic mass is 9.74. The highest BCUT2D eigenvalue weighted by Gasteiger charge is 2.33. The van der Waals surface area contributed by atoms with Crippen molar-refractivity contribution < 1.29 is 0 Å². The van der Waals surface area contributed by atoms with Crippen molar-refractivity contribution in [3.8, 4) is 34.2 Å². The SMILES string of the molecule is CC(N=C/C=C\N)c1ccc2c(c1)c1cc3c4c(c1n2-c1ccccn1)CCc1c-4c(cc2c4cc(-c5ncccn5)ccc4n(-c4ccccn4)c12)CC3. The van der Waals surface area contributed by atoms with Crippen LogP contribution in [0.25, 0.3) is 77.8 Å².